The number of benzene rings is 1. The molecule has 5 nitrogen and oxygen atoms in total. The Balaban J connectivity index is 1.50. The lowest BCUT2D eigenvalue weighted by Gasteiger charge is -2.10. The second kappa shape index (κ2) is 6.71. The van der Waals surface area contributed by atoms with E-state index in [0.29, 0.717) is 12.4 Å². The van der Waals surface area contributed by atoms with Crippen LogP contribution in [0.5, 0.6) is 0 Å². The van der Waals surface area contributed by atoms with E-state index in [-0.39, 0.29) is 5.56 Å². The summed E-state index contributed by atoms with van der Waals surface area (Å²) in [4.78, 5) is 24.5. The van der Waals surface area contributed by atoms with E-state index in [1.807, 2.05) is 19.1 Å². The first-order valence-electron chi connectivity index (χ1n) is 9.62. The molecule has 0 bridgehead atoms. The molecule has 3 heterocycles. The fraction of sp³-hybridized carbons (Fsp3) is 0.318. The summed E-state index contributed by atoms with van der Waals surface area (Å²) in [6.07, 6.45) is 7.67. The van der Waals surface area contributed by atoms with Crippen molar-refractivity contribution in [2.24, 2.45) is 0 Å². The van der Waals surface area contributed by atoms with Crippen molar-refractivity contribution in [3.8, 4) is 11.5 Å². The average molecular weight is 391 g/mol. The molecule has 4 aromatic rings. The number of nitrogens with zero attached hydrogens (tertiary/aromatic N) is 3. The Labute approximate surface area is 166 Å². The van der Waals surface area contributed by atoms with Crippen LogP contribution >= 0.6 is 11.3 Å². The quantitative estimate of drug-likeness (QED) is 0.510. The van der Waals surface area contributed by atoms with Gasteiger partial charge in [0, 0.05) is 10.4 Å². The van der Waals surface area contributed by atoms with Gasteiger partial charge < -0.3 is 4.42 Å². The Hall–Kier alpha value is -2.73. The average Bonchev–Trinajstić information content (AvgIpc) is 3.28. The molecule has 28 heavy (non-hydrogen) atoms. The molecule has 0 fully saturated rings. The van der Waals surface area contributed by atoms with Gasteiger partial charge in [-0.3, -0.25) is 9.36 Å². The number of hydrogen-bond acceptors (Lipinski definition) is 5. The molecule has 0 amide bonds. The van der Waals surface area contributed by atoms with Crippen LogP contribution in [-0.4, -0.2) is 14.5 Å². The largest absolute Gasteiger partial charge is 0.444 e. The highest BCUT2D eigenvalue weighted by atomic mass is 32.1. The molecule has 6 heteroatoms. The minimum Gasteiger partial charge on any atom is -0.444 e. The first kappa shape index (κ1) is 17.4. The zero-order valence-corrected chi connectivity index (χ0v) is 16.8. The molecule has 1 aliphatic carbocycles. The predicted molar refractivity (Wildman–Crippen MR) is 111 cm³/mol. The van der Waals surface area contributed by atoms with Gasteiger partial charge in [-0.05, 0) is 56.7 Å². The summed E-state index contributed by atoms with van der Waals surface area (Å²) in [5, 5.41) is 0.806. The second-order valence-electron chi connectivity index (χ2n) is 7.53. The van der Waals surface area contributed by atoms with Crippen molar-refractivity contribution >= 4 is 21.6 Å². The molecule has 0 spiro atoms. The highest BCUT2D eigenvalue weighted by Crippen LogP contribution is 2.33. The molecule has 3 aromatic heterocycles. The molecular weight excluding hydrogens is 370 g/mol. The Bertz CT molecular complexity index is 1250. The van der Waals surface area contributed by atoms with E-state index in [1.165, 1.54) is 22.4 Å². The van der Waals surface area contributed by atoms with Crippen LogP contribution in [0.25, 0.3) is 21.7 Å². The van der Waals surface area contributed by atoms with Crippen LogP contribution in [0.4, 0.5) is 0 Å². The highest BCUT2D eigenvalue weighted by molar-refractivity contribution is 7.18. The van der Waals surface area contributed by atoms with Crippen molar-refractivity contribution in [1.29, 1.82) is 0 Å². The van der Waals surface area contributed by atoms with Crippen LogP contribution in [-0.2, 0) is 19.4 Å². The molecular formula is C22H21N3O2S. The Morgan fingerprint density at radius 2 is 2.07 bits per heavy atom. The maximum Gasteiger partial charge on any atom is 0.262 e. The minimum absolute atomic E-state index is 0.0282. The third-order valence-electron chi connectivity index (χ3n) is 5.44. The summed E-state index contributed by atoms with van der Waals surface area (Å²) in [6, 6.07) is 6.19. The van der Waals surface area contributed by atoms with Crippen molar-refractivity contribution in [2.75, 3.05) is 0 Å². The third kappa shape index (κ3) is 2.88. The lowest BCUT2D eigenvalue weighted by molar-refractivity contribution is 0.570. The standard InChI is InChI=1S/C22H21N3O2S/c1-13-7-8-16(14(2)9-13)20-24-15(11-27-20)10-25-12-23-21-19(22(25)26)17-5-3-4-6-18(17)28-21/h7-9,11-12H,3-6,10H2,1-2H3. The molecule has 142 valence electrons. The number of aryl methyl sites for hydroxylation is 4. The SMILES string of the molecule is Cc1ccc(-c2nc(Cn3cnc4sc5c(c4c3=O)CCCC5)co2)c(C)c1. The molecule has 0 aliphatic heterocycles. The lowest BCUT2D eigenvalue weighted by Crippen LogP contribution is -2.21. The predicted octanol–water partition coefficient (Wildman–Crippen LogP) is 4.66. The Morgan fingerprint density at radius 1 is 1.21 bits per heavy atom. The summed E-state index contributed by atoms with van der Waals surface area (Å²) in [6.45, 7) is 4.48. The van der Waals surface area contributed by atoms with E-state index >= 15 is 0 Å². The zero-order chi connectivity index (χ0) is 19.3. The normalized spacial score (nSPS) is 13.8. The molecule has 0 unspecified atom stereocenters. The molecule has 0 atom stereocenters. The molecule has 0 saturated heterocycles. The van der Waals surface area contributed by atoms with Crippen molar-refractivity contribution in [3.63, 3.8) is 0 Å². The second-order valence-corrected chi connectivity index (χ2v) is 8.61. The number of fused-ring (bicyclic) bond motifs is 3. The van der Waals surface area contributed by atoms with Gasteiger partial charge in [0.1, 0.15) is 11.1 Å². The molecule has 0 N–H and O–H groups in total. The van der Waals surface area contributed by atoms with Crippen LogP contribution in [0.3, 0.4) is 0 Å². The van der Waals surface area contributed by atoms with E-state index in [1.54, 1.807) is 28.5 Å². The highest BCUT2D eigenvalue weighted by Gasteiger charge is 2.20. The van der Waals surface area contributed by atoms with Gasteiger partial charge in [0.2, 0.25) is 5.89 Å². The fourth-order valence-electron chi connectivity index (χ4n) is 4.03. The van der Waals surface area contributed by atoms with E-state index in [0.717, 1.165) is 46.3 Å². The van der Waals surface area contributed by atoms with Crippen LogP contribution in [0.2, 0.25) is 0 Å². The van der Waals surface area contributed by atoms with Gasteiger partial charge >= 0.3 is 0 Å². The van der Waals surface area contributed by atoms with Gasteiger partial charge in [0.05, 0.1) is 24.0 Å². The molecule has 1 aliphatic rings. The van der Waals surface area contributed by atoms with Crippen LogP contribution < -0.4 is 5.56 Å². The van der Waals surface area contributed by atoms with Crippen molar-refractivity contribution < 1.29 is 4.42 Å². The zero-order valence-electron chi connectivity index (χ0n) is 16.0. The fourth-order valence-corrected chi connectivity index (χ4v) is 5.24. The van der Waals surface area contributed by atoms with Gasteiger partial charge in [-0.25, -0.2) is 9.97 Å². The van der Waals surface area contributed by atoms with E-state index < -0.39 is 0 Å². The number of hydrogen-bond donors (Lipinski definition) is 0. The Morgan fingerprint density at radius 3 is 2.93 bits per heavy atom. The third-order valence-corrected chi connectivity index (χ3v) is 6.64. The van der Waals surface area contributed by atoms with E-state index in [2.05, 4.69) is 23.0 Å². The van der Waals surface area contributed by atoms with Crippen LogP contribution in [0, 0.1) is 13.8 Å². The van der Waals surface area contributed by atoms with Crippen molar-refractivity contribution in [1.82, 2.24) is 14.5 Å². The van der Waals surface area contributed by atoms with Gasteiger partial charge in [0.15, 0.2) is 0 Å². The Kier molecular flexibility index (Phi) is 4.16. The number of aromatic nitrogens is 3. The number of oxazole rings is 1. The smallest absolute Gasteiger partial charge is 0.262 e. The van der Waals surface area contributed by atoms with Crippen molar-refractivity contribution in [2.45, 2.75) is 46.1 Å². The summed E-state index contributed by atoms with van der Waals surface area (Å²) in [5.41, 5.74) is 5.28. The van der Waals surface area contributed by atoms with Gasteiger partial charge in [0.25, 0.3) is 5.56 Å². The number of rotatable bonds is 3. The van der Waals surface area contributed by atoms with Gasteiger partial charge in [-0.15, -0.1) is 11.3 Å². The monoisotopic (exact) mass is 391 g/mol. The van der Waals surface area contributed by atoms with Gasteiger partial charge in [-0.1, -0.05) is 17.7 Å². The van der Waals surface area contributed by atoms with E-state index in [9.17, 15) is 4.79 Å². The lowest BCUT2D eigenvalue weighted by atomic mass is 9.97. The summed E-state index contributed by atoms with van der Waals surface area (Å²) in [5.74, 6) is 0.586. The molecule has 5 rings (SSSR count). The number of thiophene rings is 1. The maximum absolute atomic E-state index is 13.1. The van der Waals surface area contributed by atoms with Crippen LogP contribution in [0.15, 0.2) is 40.0 Å². The topological polar surface area (TPSA) is 60.9 Å². The molecule has 0 saturated carbocycles. The summed E-state index contributed by atoms with van der Waals surface area (Å²) >= 11 is 1.67. The van der Waals surface area contributed by atoms with Crippen molar-refractivity contribution in [3.05, 3.63) is 68.4 Å². The first-order valence-corrected chi connectivity index (χ1v) is 10.4. The summed E-state index contributed by atoms with van der Waals surface area (Å²) in [7, 11) is 0. The minimum atomic E-state index is 0.0282. The van der Waals surface area contributed by atoms with E-state index in [4.69, 9.17) is 4.42 Å². The maximum atomic E-state index is 13.1. The molecule has 0 radical (unpaired) electrons. The van der Waals surface area contributed by atoms with Crippen LogP contribution in [0.1, 0.15) is 40.1 Å². The van der Waals surface area contributed by atoms with Gasteiger partial charge in [-0.2, -0.15) is 0 Å². The summed E-state index contributed by atoms with van der Waals surface area (Å²) < 4.78 is 7.35. The molecule has 1 aromatic carbocycles. The first-order chi connectivity index (χ1) is 13.6.